The van der Waals surface area contributed by atoms with Gasteiger partial charge in [-0.2, -0.15) is 0 Å². The summed E-state index contributed by atoms with van der Waals surface area (Å²) >= 11 is 0. The van der Waals surface area contributed by atoms with Crippen molar-refractivity contribution in [2.45, 2.75) is 18.9 Å². The Morgan fingerprint density at radius 2 is 2.40 bits per heavy atom. The summed E-state index contributed by atoms with van der Waals surface area (Å²) in [6.07, 6.45) is 8.27. The standard InChI is InChI=1S/C8H10N2/c1-2-7-3-5-9-6-8(7)10-4-1/h2,4-5,8H,1,3,6H2. The van der Waals surface area contributed by atoms with Crippen molar-refractivity contribution in [1.82, 2.24) is 0 Å². The zero-order chi connectivity index (χ0) is 6.81. The van der Waals surface area contributed by atoms with E-state index in [9.17, 15) is 0 Å². The van der Waals surface area contributed by atoms with Gasteiger partial charge in [0.1, 0.15) is 0 Å². The first-order valence-corrected chi connectivity index (χ1v) is 3.65. The van der Waals surface area contributed by atoms with Crippen LogP contribution in [0.1, 0.15) is 12.8 Å². The third-order valence-corrected chi connectivity index (χ3v) is 1.93. The maximum atomic E-state index is 4.34. The maximum Gasteiger partial charge on any atom is 0.0903 e. The minimum absolute atomic E-state index is 0.388. The van der Waals surface area contributed by atoms with Gasteiger partial charge >= 0.3 is 0 Å². The fourth-order valence-corrected chi connectivity index (χ4v) is 1.35. The number of hydrogen-bond donors (Lipinski definition) is 0. The number of fused-ring (bicyclic) bond motifs is 1. The maximum absolute atomic E-state index is 4.34. The van der Waals surface area contributed by atoms with Crippen LogP contribution in [0.5, 0.6) is 0 Å². The zero-order valence-electron chi connectivity index (χ0n) is 5.83. The Bertz CT molecular complexity index is 213. The molecule has 2 rings (SSSR count). The van der Waals surface area contributed by atoms with Gasteiger partial charge in [-0.3, -0.25) is 9.98 Å². The largest absolute Gasteiger partial charge is 0.295 e. The predicted molar refractivity (Wildman–Crippen MR) is 43.0 cm³/mol. The fourth-order valence-electron chi connectivity index (χ4n) is 1.35. The molecule has 0 aromatic heterocycles. The smallest absolute Gasteiger partial charge is 0.0903 e. The van der Waals surface area contributed by atoms with Crippen molar-refractivity contribution in [2.24, 2.45) is 9.98 Å². The quantitative estimate of drug-likeness (QED) is 0.445. The molecule has 0 aromatic rings. The molecule has 10 heavy (non-hydrogen) atoms. The van der Waals surface area contributed by atoms with Crippen LogP contribution in [0, 0.1) is 0 Å². The lowest BCUT2D eigenvalue weighted by atomic mass is 9.99. The normalized spacial score (nSPS) is 29.6. The highest BCUT2D eigenvalue weighted by molar-refractivity contribution is 5.68. The molecule has 2 aliphatic rings. The van der Waals surface area contributed by atoms with Crippen LogP contribution in [0.4, 0.5) is 0 Å². The number of dihydropyridines is 1. The minimum atomic E-state index is 0.388. The van der Waals surface area contributed by atoms with Crippen molar-refractivity contribution in [3.8, 4) is 0 Å². The van der Waals surface area contributed by atoms with Crippen molar-refractivity contribution in [3.63, 3.8) is 0 Å². The average Bonchev–Trinajstić information content (AvgIpc) is 2.05. The van der Waals surface area contributed by atoms with Crippen molar-refractivity contribution in [3.05, 3.63) is 11.6 Å². The van der Waals surface area contributed by atoms with E-state index in [4.69, 9.17) is 0 Å². The first-order valence-electron chi connectivity index (χ1n) is 3.65. The van der Waals surface area contributed by atoms with E-state index in [0.29, 0.717) is 6.04 Å². The first kappa shape index (κ1) is 5.83. The zero-order valence-corrected chi connectivity index (χ0v) is 5.83. The molecule has 0 amide bonds. The first-order chi connectivity index (χ1) is 4.97. The van der Waals surface area contributed by atoms with Gasteiger partial charge in [0.05, 0.1) is 12.6 Å². The molecule has 2 nitrogen and oxygen atoms in total. The summed E-state index contributed by atoms with van der Waals surface area (Å²) < 4.78 is 0. The van der Waals surface area contributed by atoms with E-state index >= 15 is 0 Å². The van der Waals surface area contributed by atoms with Gasteiger partial charge in [0.25, 0.3) is 0 Å². The number of aliphatic imine (C=N–C) groups is 2. The van der Waals surface area contributed by atoms with Crippen LogP contribution < -0.4 is 0 Å². The van der Waals surface area contributed by atoms with Gasteiger partial charge < -0.3 is 0 Å². The topological polar surface area (TPSA) is 24.7 Å². The average molecular weight is 134 g/mol. The van der Waals surface area contributed by atoms with E-state index < -0.39 is 0 Å². The van der Waals surface area contributed by atoms with Crippen LogP contribution in [0.15, 0.2) is 21.6 Å². The molecule has 2 heterocycles. The van der Waals surface area contributed by atoms with Gasteiger partial charge in [-0.25, -0.2) is 0 Å². The van der Waals surface area contributed by atoms with Crippen molar-refractivity contribution in [1.29, 1.82) is 0 Å². The van der Waals surface area contributed by atoms with Crippen LogP contribution >= 0.6 is 0 Å². The van der Waals surface area contributed by atoms with Crippen molar-refractivity contribution < 1.29 is 0 Å². The summed E-state index contributed by atoms with van der Waals surface area (Å²) in [5, 5.41) is 0. The molecule has 0 saturated heterocycles. The molecule has 52 valence electrons. The Morgan fingerprint density at radius 3 is 3.30 bits per heavy atom. The van der Waals surface area contributed by atoms with Gasteiger partial charge in [0, 0.05) is 25.3 Å². The van der Waals surface area contributed by atoms with Crippen molar-refractivity contribution >= 4 is 12.4 Å². The van der Waals surface area contributed by atoms with Gasteiger partial charge in [-0.1, -0.05) is 6.08 Å². The Balaban J connectivity index is 2.23. The lowest BCUT2D eigenvalue weighted by Crippen LogP contribution is -2.19. The van der Waals surface area contributed by atoms with Crippen LogP contribution in [-0.4, -0.2) is 25.0 Å². The summed E-state index contributed by atoms with van der Waals surface area (Å²) in [6.45, 7) is 0.863. The van der Waals surface area contributed by atoms with Gasteiger partial charge in [0.2, 0.25) is 0 Å². The summed E-state index contributed by atoms with van der Waals surface area (Å²) in [5.74, 6) is 0. The second kappa shape index (κ2) is 2.37. The third-order valence-electron chi connectivity index (χ3n) is 1.93. The molecule has 0 N–H and O–H groups in total. The summed E-state index contributed by atoms with van der Waals surface area (Å²) in [5.41, 5.74) is 1.46. The lowest BCUT2D eigenvalue weighted by Gasteiger charge is -2.19. The molecule has 0 bridgehead atoms. The molecule has 0 saturated carbocycles. The van der Waals surface area contributed by atoms with E-state index in [0.717, 1.165) is 19.4 Å². The highest BCUT2D eigenvalue weighted by Crippen LogP contribution is 2.17. The van der Waals surface area contributed by atoms with Gasteiger partial charge in [-0.05, 0) is 5.57 Å². The van der Waals surface area contributed by atoms with E-state index in [2.05, 4.69) is 16.1 Å². The highest BCUT2D eigenvalue weighted by atomic mass is 14.9. The van der Waals surface area contributed by atoms with E-state index in [1.807, 2.05) is 12.4 Å². The monoisotopic (exact) mass is 134 g/mol. The van der Waals surface area contributed by atoms with E-state index in [1.54, 1.807) is 0 Å². The van der Waals surface area contributed by atoms with Crippen LogP contribution in [0.3, 0.4) is 0 Å². The Hall–Kier alpha value is -0.920. The van der Waals surface area contributed by atoms with Gasteiger partial charge in [-0.15, -0.1) is 0 Å². The molecule has 1 atom stereocenters. The van der Waals surface area contributed by atoms with Crippen LogP contribution in [0.25, 0.3) is 0 Å². The second-order valence-corrected chi connectivity index (χ2v) is 2.61. The molecule has 0 radical (unpaired) electrons. The molecule has 0 aliphatic carbocycles. The number of allylic oxidation sites excluding steroid dienone is 1. The SMILES string of the molecule is C1=NCC2N=CCC=C2C1. The van der Waals surface area contributed by atoms with E-state index in [1.165, 1.54) is 5.57 Å². The highest BCUT2D eigenvalue weighted by Gasteiger charge is 2.15. The molecular weight excluding hydrogens is 124 g/mol. The number of rotatable bonds is 0. The molecule has 2 heteroatoms. The second-order valence-electron chi connectivity index (χ2n) is 2.61. The number of hydrogen-bond acceptors (Lipinski definition) is 2. The third kappa shape index (κ3) is 0.897. The Kier molecular flexibility index (Phi) is 1.38. The number of nitrogens with zero attached hydrogens (tertiary/aromatic N) is 2. The molecular formula is C8H10N2. The summed E-state index contributed by atoms with van der Waals surface area (Å²) in [4.78, 5) is 8.53. The van der Waals surface area contributed by atoms with E-state index in [-0.39, 0.29) is 0 Å². The molecule has 1 unspecified atom stereocenters. The molecule has 2 aliphatic heterocycles. The molecule has 0 fully saturated rings. The minimum Gasteiger partial charge on any atom is -0.295 e. The van der Waals surface area contributed by atoms with Crippen molar-refractivity contribution in [2.75, 3.05) is 6.54 Å². The predicted octanol–water partition coefficient (Wildman–Crippen LogP) is 1.23. The molecule has 0 aromatic carbocycles. The Morgan fingerprint density at radius 1 is 1.40 bits per heavy atom. The molecule has 0 spiro atoms. The van der Waals surface area contributed by atoms with Crippen LogP contribution in [0.2, 0.25) is 0 Å². The Labute approximate surface area is 60.4 Å². The van der Waals surface area contributed by atoms with Crippen LogP contribution in [-0.2, 0) is 0 Å². The summed E-state index contributed by atoms with van der Waals surface area (Å²) in [7, 11) is 0. The summed E-state index contributed by atoms with van der Waals surface area (Å²) in [6, 6.07) is 0.388. The van der Waals surface area contributed by atoms with Gasteiger partial charge in [0.15, 0.2) is 0 Å². The fraction of sp³-hybridized carbons (Fsp3) is 0.500. The lowest BCUT2D eigenvalue weighted by molar-refractivity contribution is 0.740.